The fourth-order valence-electron chi connectivity index (χ4n) is 2.41. The summed E-state index contributed by atoms with van der Waals surface area (Å²) in [4.78, 5) is 13.8. The average Bonchev–Trinajstić information content (AvgIpc) is 2.81. The molecule has 100 valence electrons. The fraction of sp³-hybridized carbons (Fsp3) is 0.667. The maximum atomic E-state index is 10.6. The second-order valence-electron chi connectivity index (χ2n) is 4.77. The predicted molar refractivity (Wildman–Crippen MR) is 72.9 cm³/mol. The van der Waals surface area contributed by atoms with Gasteiger partial charge in [-0.2, -0.15) is 0 Å². The van der Waals surface area contributed by atoms with Crippen LogP contribution in [0.25, 0.3) is 0 Å². The number of hydrogen-bond acceptors (Lipinski definition) is 5. The fourth-order valence-corrected chi connectivity index (χ4v) is 3.27. The summed E-state index contributed by atoms with van der Waals surface area (Å²) in [5.74, 6) is 0.781. The minimum atomic E-state index is -0.312. The van der Waals surface area contributed by atoms with E-state index in [2.05, 4.69) is 10.2 Å². The van der Waals surface area contributed by atoms with Crippen LogP contribution >= 0.6 is 11.3 Å². The van der Waals surface area contributed by atoms with Crippen LogP contribution in [0, 0.1) is 16.0 Å². The number of piperidine rings is 1. The highest BCUT2D eigenvalue weighted by molar-refractivity contribution is 7.15. The van der Waals surface area contributed by atoms with Crippen molar-refractivity contribution < 1.29 is 4.92 Å². The van der Waals surface area contributed by atoms with Crippen LogP contribution in [0.15, 0.2) is 12.1 Å². The lowest BCUT2D eigenvalue weighted by Crippen LogP contribution is -2.36. The summed E-state index contributed by atoms with van der Waals surface area (Å²) in [5, 5.41) is 14.1. The Morgan fingerprint density at radius 3 is 2.78 bits per heavy atom. The Morgan fingerprint density at radius 1 is 1.50 bits per heavy atom. The third kappa shape index (κ3) is 3.51. The molecule has 2 rings (SSSR count). The molecule has 0 aliphatic carbocycles. The van der Waals surface area contributed by atoms with Gasteiger partial charge in [-0.1, -0.05) is 11.3 Å². The van der Waals surface area contributed by atoms with Gasteiger partial charge in [-0.25, -0.2) is 0 Å². The van der Waals surface area contributed by atoms with Crippen molar-refractivity contribution in [2.45, 2.75) is 19.4 Å². The molecule has 1 aliphatic rings. The molecule has 1 aromatic rings. The summed E-state index contributed by atoms with van der Waals surface area (Å²) in [5.41, 5.74) is 0. The van der Waals surface area contributed by atoms with E-state index >= 15 is 0 Å². The molecule has 0 saturated carbocycles. The molecule has 1 N–H and O–H groups in total. The van der Waals surface area contributed by atoms with Crippen LogP contribution in [0.2, 0.25) is 0 Å². The van der Waals surface area contributed by atoms with Gasteiger partial charge in [-0.05, 0) is 51.5 Å². The van der Waals surface area contributed by atoms with E-state index in [1.807, 2.05) is 13.1 Å². The van der Waals surface area contributed by atoms with Crippen LogP contribution in [0.3, 0.4) is 0 Å². The summed E-state index contributed by atoms with van der Waals surface area (Å²) >= 11 is 1.29. The van der Waals surface area contributed by atoms with Crippen molar-refractivity contribution in [3.63, 3.8) is 0 Å². The highest BCUT2D eigenvalue weighted by Gasteiger charge is 2.19. The Morgan fingerprint density at radius 2 is 2.22 bits per heavy atom. The van der Waals surface area contributed by atoms with E-state index in [4.69, 9.17) is 0 Å². The molecule has 1 saturated heterocycles. The van der Waals surface area contributed by atoms with Crippen molar-refractivity contribution in [2.24, 2.45) is 5.92 Å². The molecule has 18 heavy (non-hydrogen) atoms. The summed E-state index contributed by atoms with van der Waals surface area (Å²) < 4.78 is 0. The Labute approximate surface area is 111 Å². The highest BCUT2D eigenvalue weighted by atomic mass is 32.1. The molecule has 1 aliphatic heterocycles. The maximum Gasteiger partial charge on any atom is 0.324 e. The van der Waals surface area contributed by atoms with Crippen LogP contribution in [0.4, 0.5) is 5.00 Å². The monoisotopic (exact) mass is 269 g/mol. The first-order chi connectivity index (χ1) is 8.69. The minimum Gasteiger partial charge on any atom is -0.319 e. The van der Waals surface area contributed by atoms with Crippen molar-refractivity contribution in [3.8, 4) is 0 Å². The Kier molecular flexibility index (Phi) is 4.68. The predicted octanol–water partition coefficient (Wildman–Crippen LogP) is 2.09. The summed E-state index contributed by atoms with van der Waals surface area (Å²) in [7, 11) is 2.00. The largest absolute Gasteiger partial charge is 0.324 e. The molecule has 5 nitrogen and oxygen atoms in total. The van der Waals surface area contributed by atoms with Crippen LogP contribution in [0.5, 0.6) is 0 Å². The number of nitrogens with zero attached hydrogens (tertiary/aromatic N) is 2. The van der Waals surface area contributed by atoms with Crippen LogP contribution < -0.4 is 5.32 Å². The first-order valence-electron chi connectivity index (χ1n) is 6.29. The quantitative estimate of drug-likeness (QED) is 0.657. The summed E-state index contributed by atoms with van der Waals surface area (Å²) in [6.07, 6.45) is 2.43. The van der Waals surface area contributed by atoms with Gasteiger partial charge in [0, 0.05) is 17.5 Å². The van der Waals surface area contributed by atoms with E-state index in [1.165, 1.54) is 24.2 Å². The van der Waals surface area contributed by atoms with Crippen molar-refractivity contribution in [2.75, 3.05) is 26.7 Å². The van der Waals surface area contributed by atoms with Gasteiger partial charge in [0.1, 0.15) is 0 Å². The van der Waals surface area contributed by atoms with Crippen LogP contribution in [-0.2, 0) is 6.54 Å². The summed E-state index contributed by atoms with van der Waals surface area (Å²) in [6, 6.07) is 3.48. The van der Waals surface area contributed by atoms with Gasteiger partial charge in [-0.15, -0.1) is 0 Å². The van der Waals surface area contributed by atoms with Crippen molar-refractivity contribution in [3.05, 3.63) is 27.1 Å². The van der Waals surface area contributed by atoms with E-state index in [0.29, 0.717) is 0 Å². The molecular weight excluding hydrogens is 250 g/mol. The normalized spacial score (nSPS) is 18.1. The maximum absolute atomic E-state index is 10.6. The molecule has 0 bridgehead atoms. The van der Waals surface area contributed by atoms with Gasteiger partial charge in [0.15, 0.2) is 0 Å². The minimum absolute atomic E-state index is 0.245. The van der Waals surface area contributed by atoms with E-state index in [0.717, 1.165) is 37.0 Å². The number of nitrogens with one attached hydrogen (secondary N) is 1. The third-order valence-corrected chi connectivity index (χ3v) is 4.43. The zero-order valence-electron chi connectivity index (χ0n) is 10.6. The van der Waals surface area contributed by atoms with E-state index in [-0.39, 0.29) is 9.92 Å². The molecule has 0 atom stereocenters. The summed E-state index contributed by atoms with van der Waals surface area (Å²) in [6.45, 7) is 4.14. The number of likely N-dealkylation sites (tertiary alicyclic amines) is 1. The number of rotatable bonds is 5. The van der Waals surface area contributed by atoms with Gasteiger partial charge < -0.3 is 5.32 Å². The van der Waals surface area contributed by atoms with Crippen molar-refractivity contribution in [1.29, 1.82) is 0 Å². The van der Waals surface area contributed by atoms with Gasteiger partial charge in [-0.3, -0.25) is 15.0 Å². The lowest BCUT2D eigenvalue weighted by atomic mass is 9.97. The second-order valence-corrected chi connectivity index (χ2v) is 5.92. The zero-order valence-corrected chi connectivity index (χ0v) is 11.4. The first kappa shape index (κ1) is 13.5. The average molecular weight is 269 g/mol. The van der Waals surface area contributed by atoms with Gasteiger partial charge in [0.05, 0.1) is 4.92 Å². The molecule has 0 radical (unpaired) electrons. The lowest BCUT2D eigenvalue weighted by Gasteiger charge is -2.31. The molecule has 0 unspecified atom stereocenters. The van der Waals surface area contributed by atoms with E-state index in [9.17, 15) is 10.1 Å². The molecular formula is C12H19N3O2S. The second kappa shape index (κ2) is 6.26. The molecule has 0 aromatic carbocycles. The smallest absolute Gasteiger partial charge is 0.319 e. The number of thiophene rings is 1. The molecule has 1 aromatic heterocycles. The Balaban J connectivity index is 1.82. The number of hydrogen-bond donors (Lipinski definition) is 1. The van der Waals surface area contributed by atoms with Gasteiger partial charge in [0.2, 0.25) is 0 Å². The standard InChI is InChI=1S/C12H19N3O2S/c1-13-8-10-4-6-14(7-5-10)9-11-2-3-12(18-11)15(16)17/h2-3,10,13H,4-9H2,1H3. The topological polar surface area (TPSA) is 58.4 Å². The van der Waals surface area contributed by atoms with Crippen molar-refractivity contribution in [1.82, 2.24) is 10.2 Å². The SMILES string of the molecule is CNCC1CCN(Cc2ccc([N+](=O)[O-])s2)CC1. The van der Waals surface area contributed by atoms with Crippen molar-refractivity contribution >= 4 is 16.3 Å². The Hall–Kier alpha value is -0.980. The zero-order chi connectivity index (χ0) is 13.0. The van der Waals surface area contributed by atoms with Crippen LogP contribution in [0.1, 0.15) is 17.7 Å². The van der Waals surface area contributed by atoms with Crippen LogP contribution in [-0.4, -0.2) is 36.5 Å². The lowest BCUT2D eigenvalue weighted by molar-refractivity contribution is -0.380. The van der Waals surface area contributed by atoms with Gasteiger partial charge in [0.25, 0.3) is 0 Å². The molecule has 0 spiro atoms. The molecule has 1 fully saturated rings. The highest BCUT2D eigenvalue weighted by Crippen LogP contribution is 2.26. The molecule has 0 amide bonds. The first-order valence-corrected chi connectivity index (χ1v) is 7.10. The van der Waals surface area contributed by atoms with E-state index in [1.54, 1.807) is 6.07 Å². The number of nitro groups is 1. The molecule has 2 heterocycles. The van der Waals surface area contributed by atoms with Gasteiger partial charge >= 0.3 is 5.00 Å². The van der Waals surface area contributed by atoms with E-state index < -0.39 is 0 Å². The third-order valence-electron chi connectivity index (χ3n) is 3.41. The Bertz CT molecular complexity index is 400. The molecule has 6 heteroatoms.